The van der Waals surface area contributed by atoms with Gasteiger partial charge < -0.3 is 15.2 Å². The third kappa shape index (κ3) is 3.77. The maximum Gasteiger partial charge on any atom is 0.0945 e. The van der Waals surface area contributed by atoms with Crippen molar-refractivity contribution >= 4 is 21.6 Å². The summed E-state index contributed by atoms with van der Waals surface area (Å²) in [4.78, 5) is 0. The van der Waals surface area contributed by atoms with Crippen LogP contribution >= 0.6 is 15.9 Å². The molecule has 0 aliphatic carbocycles. The number of rotatable bonds is 5. The Bertz CT molecular complexity index is 332. The van der Waals surface area contributed by atoms with Gasteiger partial charge >= 0.3 is 0 Å². The quantitative estimate of drug-likeness (QED) is 0.874. The van der Waals surface area contributed by atoms with E-state index in [1.807, 2.05) is 6.92 Å². The molecule has 0 heterocycles. The largest absolute Gasteiger partial charge is 0.389 e. The van der Waals surface area contributed by atoms with Gasteiger partial charge in [0.25, 0.3) is 0 Å². The Kier molecular flexibility index (Phi) is 5.25. The molecule has 3 nitrogen and oxygen atoms in total. The standard InChI is InChI=1S/C12H18BrNO2/c1-8-4-9(2)12(11(13)5-8)14-6-10(15)7-16-3/h4-5,10,14-15H,6-7H2,1-3H3. The van der Waals surface area contributed by atoms with Crippen LogP contribution in [0.15, 0.2) is 16.6 Å². The molecule has 0 aliphatic rings. The molecule has 1 aromatic rings. The maximum atomic E-state index is 9.54. The summed E-state index contributed by atoms with van der Waals surface area (Å²) in [6, 6.07) is 4.16. The number of ether oxygens (including phenoxy) is 1. The van der Waals surface area contributed by atoms with E-state index in [0.717, 1.165) is 15.7 Å². The fourth-order valence-electron chi connectivity index (χ4n) is 1.61. The number of benzene rings is 1. The van der Waals surface area contributed by atoms with E-state index < -0.39 is 6.10 Å². The van der Waals surface area contributed by atoms with Gasteiger partial charge in [-0.25, -0.2) is 0 Å². The Morgan fingerprint density at radius 2 is 2.12 bits per heavy atom. The van der Waals surface area contributed by atoms with Crippen LogP contribution in [-0.2, 0) is 4.74 Å². The molecule has 0 saturated carbocycles. The summed E-state index contributed by atoms with van der Waals surface area (Å²) in [7, 11) is 1.58. The van der Waals surface area contributed by atoms with Crippen LogP contribution in [0.2, 0.25) is 0 Å². The number of hydrogen-bond donors (Lipinski definition) is 2. The highest BCUT2D eigenvalue weighted by Crippen LogP contribution is 2.27. The van der Waals surface area contributed by atoms with E-state index in [9.17, 15) is 5.11 Å². The zero-order chi connectivity index (χ0) is 12.1. The molecule has 0 fully saturated rings. The lowest BCUT2D eigenvalue weighted by atomic mass is 10.1. The first-order valence-corrected chi connectivity index (χ1v) is 6.01. The Morgan fingerprint density at radius 1 is 1.44 bits per heavy atom. The highest BCUT2D eigenvalue weighted by molar-refractivity contribution is 9.10. The van der Waals surface area contributed by atoms with Crippen LogP contribution in [0, 0.1) is 13.8 Å². The van der Waals surface area contributed by atoms with Crippen molar-refractivity contribution in [3.8, 4) is 0 Å². The molecular weight excluding hydrogens is 270 g/mol. The van der Waals surface area contributed by atoms with Crippen molar-refractivity contribution in [1.29, 1.82) is 0 Å². The van der Waals surface area contributed by atoms with Gasteiger partial charge in [-0.1, -0.05) is 6.07 Å². The average Bonchev–Trinajstić information content (AvgIpc) is 2.16. The molecule has 2 N–H and O–H groups in total. The fourth-order valence-corrected chi connectivity index (χ4v) is 2.42. The van der Waals surface area contributed by atoms with E-state index in [4.69, 9.17) is 4.74 Å². The lowest BCUT2D eigenvalue weighted by molar-refractivity contribution is 0.0727. The van der Waals surface area contributed by atoms with Gasteiger partial charge in [0.05, 0.1) is 18.4 Å². The van der Waals surface area contributed by atoms with Crippen molar-refractivity contribution < 1.29 is 9.84 Å². The molecule has 0 radical (unpaired) electrons. The Balaban J connectivity index is 2.67. The van der Waals surface area contributed by atoms with Crippen LogP contribution in [0.25, 0.3) is 0 Å². The van der Waals surface area contributed by atoms with Crippen LogP contribution in [0.1, 0.15) is 11.1 Å². The number of nitrogens with one attached hydrogen (secondary N) is 1. The van der Waals surface area contributed by atoms with E-state index in [1.54, 1.807) is 7.11 Å². The highest BCUT2D eigenvalue weighted by atomic mass is 79.9. The molecule has 1 aromatic carbocycles. The molecule has 1 atom stereocenters. The second-order valence-corrected chi connectivity index (χ2v) is 4.78. The molecule has 0 amide bonds. The lowest BCUT2D eigenvalue weighted by Crippen LogP contribution is -2.24. The summed E-state index contributed by atoms with van der Waals surface area (Å²) in [6.45, 7) is 4.93. The number of hydrogen-bond acceptors (Lipinski definition) is 3. The van der Waals surface area contributed by atoms with Gasteiger partial charge in [-0.2, -0.15) is 0 Å². The average molecular weight is 288 g/mol. The minimum absolute atomic E-state index is 0.343. The predicted molar refractivity (Wildman–Crippen MR) is 70.0 cm³/mol. The fraction of sp³-hybridized carbons (Fsp3) is 0.500. The van der Waals surface area contributed by atoms with Crippen molar-refractivity contribution in [3.05, 3.63) is 27.7 Å². The van der Waals surface area contributed by atoms with Crippen LogP contribution in [-0.4, -0.2) is 31.5 Å². The summed E-state index contributed by atoms with van der Waals surface area (Å²) in [5, 5.41) is 12.8. The van der Waals surface area contributed by atoms with Crippen LogP contribution in [0.4, 0.5) is 5.69 Å². The SMILES string of the molecule is COCC(O)CNc1c(C)cc(C)cc1Br. The topological polar surface area (TPSA) is 41.5 Å². The minimum atomic E-state index is -0.488. The van der Waals surface area contributed by atoms with E-state index in [-0.39, 0.29) is 0 Å². The van der Waals surface area contributed by atoms with Crippen molar-refractivity contribution in [2.75, 3.05) is 25.6 Å². The summed E-state index contributed by atoms with van der Waals surface area (Å²) in [6.07, 6.45) is -0.488. The highest BCUT2D eigenvalue weighted by Gasteiger charge is 2.07. The zero-order valence-corrected chi connectivity index (χ0v) is 11.5. The molecule has 0 aromatic heterocycles. The van der Waals surface area contributed by atoms with E-state index in [1.165, 1.54) is 5.56 Å². The van der Waals surface area contributed by atoms with Crippen LogP contribution < -0.4 is 5.32 Å². The Labute approximate surface area is 105 Å². The number of halogens is 1. The zero-order valence-electron chi connectivity index (χ0n) is 9.88. The number of anilines is 1. The normalized spacial score (nSPS) is 12.6. The van der Waals surface area contributed by atoms with Crippen molar-refractivity contribution in [2.45, 2.75) is 20.0 Å². The number of aliphatic hydroxyl groups is 1. The molecule has 0 saturated heterocycles. The number of aryl methyl sites for hydroxylation is 2. The van der Waals surface area contributed by atoms with Crippen LogP contribution in [0.5, 0.6) is 0 Å². The molecule has 90 valence electrons. The van der Waals surface area contributed by atoms with Crippen LogP contribution in [0.3, 0.4) is 0 Å². The third-order valence-electron chi connectivity index (χ3n) is 2.31. The predicted octanol–water partition coefficient (Wildman–Crippen LogP) is 2.49. The van der Waals surface area contributed by atoms with Gasteiger partial charge in [-0.3, -0.25) is 0 Å². The van der Waals surface area contributed by atoms with E-state index in [2.05, 4.69) is 40.3 Å². The number of aliphatic hydroxyl groups excluding tert-OH is 1. The molecule has 1 rings (SSSR count). The first-order chi connectivity index (χ1) is 7.54. The van der Waals surface area contributed by atoms with Crippen molar-refractivity contribution in [3.63, 3.8) is 0 Å². The molecule has 16 heavy (non-hydrogen) atoms. The Morgan fingerprint density at radius 3 is 2.69 bits per heavy atom. The Hall–Kier alpha value is -0.580. The second kappa shape index (κ2) is 6.23. The molecule has 0 bridgehead atoms. The first kappa shape index (κ1) is 13.5. The van der Waals surface area contributed by atoms with Crippen molar-refractivity contribution in [2.24, 2.45) is 0 Å². The summed E-state index contributed by atoms with van der Waals surface area (Å²) >= 11 is 3.51. The smallest absolute Gasteiger partial charge is 0.0945 e. The maximum absolute atomic E-state index is 9.54. The molecule has 4 heteroatoms. The summed E-state index contributed by atoms with van der Waals surface area (Å²) in [5.41, 5.74) is 3.41. The molecule has 1 unspecified atom stereocenters. The summed E-state index contributed by atoms with van der Waals surface area (Å²) in [5.74, 6) is 0. The van der Waals surface area contributed by atoms with Gasteiger partial charge in [0.1, 0.15) is 0 Å². The van der Waals surface area contributed by atoms with Crippen molar-refractivity contribution in [1.82, 2.24) is 0 Å². The first-order valence-electron chi connectivity index (χ1n) is 5.22. The third-order valence-corrected chi connectivity index (χ3v) is 2.93. The van der Waals surface area contributed by atoms with E-state index in [0.29, 0.717) is 13.2 Å². The molecular formula is C12H18BrNO2. The van der Waals surface area contributed by atoms with Gasteiger partial charge in [-0.05, 0) is 47.0 Å². The number of methoxy groups -OCH3 is 1. The second-order valence-electron chi connectivity index (χ2n) is 3.93. The minimum Gasteiger partial charge on any atom is -0.389 e. The summed E-state index contributed by atoms with van der Waals surface area (Å²) < 4.78 is 5.89. The van der Waals surface area contributed by atoms with Gasteiger partial charge in [-0.15, -0.1) is 0 Å². The lowest BCUT2D eigenvalue weighted by Gasteiger charge is -2.15. The van der Waals surface area contributed by atoms with Gasteiger partial charge in [0, 0.05) is 18.1 Å². The molecule has 0 aliphatic heterocycles. The van der Waals surface area contributed by atoms with Gasteiger partial charge in [0.15, 0.2) is 0 Å². The van der Waals surface area contributed by atoms with E-state index >= 15 is 0 Å². The van der Waals surface area contributed by atoms with Gasteiger partial charge in [0.2, 0.25) is 0 Å². The molecule has 0 spiro atoms. The monoisotopic (exact) mass is 287 g/mol.